The van der Waals surface area contributed by atoms with E-state index in [9.17, 15) is 18.0 Å². The molecule has 0 aliphatic carbocycles. The molecule has 30 heavy (non-hydrogen) atoms. The zero-order valence-corrected chi connectivity index (χ0v) is 19.1. The third kappa shape index (κ3) is 4.17. The molecule has 4 rings (SSSR count). The van der Waals surface area contributed by atoms with Crippen LogP contribution in [0.4, 0.5) is 0 Å². The Hall–Kier alpha value is -1.78. The third-order valence-corrected chi connectivity index (χ3v) is 8.70. The topological polar surface area (TPSA) is 101 Å². The van der Waals surface area contributed by atoms with Crippen LogP contribution in [0.3, 0.4) is 0 Å². The molecule has 8 nitrogen and oxygen atoms in total. The van der Waals surface area contributed by atoms with E-state index >= 15 is 0 Å². The van der Waals surface area contributed by atoms with Crippen molar-refractivity contribution in [2.75, 3.05) is 25.9 Å². The van der Waals surface area contributed by atoms with Crippen LogP contribution < -0.4 is 10.9 Å². The molecule has 0 unspecified atom stereocenters. The number of sulfonamides is 1. The Morgan fingerprint density at radius 1 is 1.20 bits per heavy atom. The standard InChI is InChI=1S/C20H28N4O4S2/c1-13-16-19(22-15-6-4-3-5-9-24(15)20(16)26)29-17(13)18(25)21-12-14-7-10-23(11-8-14)30(2,27)28/h14H,3-12H2,1-2H3,(H,21,25). The number of carbonyl (C=O) groups is 1. The average Bonchev–Trinajstić information content (AvgIpc) is 2.87. The SMILES string of the molecule is Cc1c(C(=O)NCC2CCN(S(C)(=O)=O)CC2)sc2nc3n(c(=O)c12)CCCCC3. The van der Waals surface area contributed by atoms with Crippen molar-refractivity contribution in [2.24, 2.45) is 5.92 Å². The van der Waals surface area contributed by atoms with Gasteiger partial charge in [0.15, 0.2) is 0 Å². The number of piperidine rings is 1. The first kappa shape index (κ1) is 21.5. The van der Waals surface area contributed by atoms with Gasteiger partial charge in [-0.3, -0.25) is 14.2 Å². The molecular formula is C20H28N4O4S2. The highest BCUT2D eigenvalue weighted by atomic mass is 32.2. The fourth-order valence-electron chi connectivity index (χ4n) is 4.39. The van der Waals surface area contributed by atoms with Crippen molar-refractivity contribution in [2.45, 2.75) is 52.0 Å². The lowest BCUT2D eigenvalue weighted by Gasteiger charge is -2.30. The van der Waals surface area contributed by atoms with E-state index in [4.69, 9.17) is 4.98 Å². The summed E-state index contributed by atoms with van der Waals surface area (Å²) in [6, 6.07) is 0. The molecule has 0 bridgehead atoms. The van der Waals surface area contributed by atoms with Crippen molar-refractivity contribution in [3.8, 4) is 0 Å². The van der Waals surface area contributed by atoms with Crippen LogP contribution in [0.2, 0.25) is 0 Å². The first-order valence-electron chi connectivity index (χ1n) is 10.5. The molecule has 2 aliphatic heterocycles. The second-order valence-corrected chi connectivity index (χ2v) is 11.3. The fraction of sp³-hybridized carbons (Fsp3) is 0.650. The minimum Gasteiger partial charge on any atom is -0.351 e. The number of hydrogen-bond donors (Lipinski definition) is 1. The van der Waals surface area contributed by atoms with Crippen LogP contribution in [-0.4, -0.2) is 54.1 Å². The number of amides is 1. The van der Waals surface area contributed by atoms with Gasteiger partial charge in [-0.25, -0.2) is 17.7 Å². The third-order valence-electron chi connectivity index (χ3n) is 6.21. The van der Waals surface area contributed by atoms with Gasteiger partial charge in [0, 0.05) is 32.6 Å². The van der Waals surface area contributed by atoms with Gasteiger partial charge in [0.1, 0.15) is 10.7 Å². The van der Waals surface area contributed by atoms with E-state index in [0.29, 0.717) is 46.8 Å². The van der Waals surface area contributed by atoms with E-state index in [1.165, 1.54) is 21.9 Å². The molecule has 0 saturated carbocycles. The van der Waals surface area contributed by atoms with E-state index < -0.39 is 10.0 Å². The Morgan fingerprint density at radius 2 is 1.93 bits per heavy atom. The molecule has 10 heteroatoms. The second-order valence-electron chi connectivity index (χ2n) is 8.35. The number of nitrogens with zero attached hydrogens (tertiary/aromatic N) is 3. The Kier molecular flexibility index (Phi) is 6.00. The highest BCUT2D eigenvalue weighted by Crippen LogP contribution is 2.28. The Balaban J connectivity index is 1.48. The van der Waals surface area contributed by atoms with Crippen molar-refractivity contribution in [1.82, 2.24) is 19.2 Å². The molecular weight excluding hydrogens is 424 g/mol. The normalized spacial score (nSPS) is 18.9. The molecule has 1 N–H and O–H groups in total. The number of nitrogens with one attached hydrogen (secondary N) is 1. The summed E-state index contributed by atoms with van der Waals surface area (Å²) < 4.78 is 26.5. The van der Waals surface area contributed by atoms with E-state index in [1.54, 1.807) is 4.57 Å². The van der Waals surface area contributed by atoms with Crippen LogP contribution in [0, 0.1) is 12.8 Å². The zero-order chi connectivity index (χ0) is 21.5. The van der Waals surface area contributed by atoms with Gasteiger partial charge < -0.3 is 5.32 Å². The molecule has 2 aromatic rings. The van der Waals surface area contributed by atoms with Gasteiger partial charge in [-0.2, -0.15) is 0 Å². The fourth-order valence-corrected chi connectivity index (χ4v) is 6.37. The van der Waals surface area contributed by atoms with Gasteiger partial charge in [-0.1, -0.05) is 6.42 Å². The summed E-state index contributed by atoms with van der Waals surface area (Å²) in [6.45, 7) is 4.01. The molecule has 0 spiro atoms. The van der Waals surface area contributed by atoms with Gasteiger partial charge in [-0.15, -0.1) is 11.3 Å². The summed E-state index contributed by atoms with van der Waals surface area (Å²) in [4.78, 5) is 31.8. The van der Waals surface area contributed by atoms with Gasteiger partial charge >= 0.3 is 0 Å². The van der Waals surface area contributed by atoms with Crippen molar-refractivity contribution < 1.29 is 13.2 Å². The number of thiophene rings is 1. The summed E-state index contributed by atoms with van der Waals surface area (Å²) in [5.41, 5.74) is 0.675. The largest absolute Gasteiger partial charge is 0.351 e. The number of fused-ring (bicyclic) bond motifs is 2. The van der Waals surface area contributed by atoms with Crippen LogP contribution >= 0.6 is 11.3 Å². The first-order valence-corrected chi connectivity index (χ1v) is 13.2. The number of hydrogen-bond acceptors (Lipinski definition) is 6. The minimum absolute atomic E-state index is 0.0298. The molecule has 0 radical (unpaired) electrons. The summed E-state index contributed by atoms with van der Waals surface area (Å²) in [5.74, 6) is 0.901. The molecule has 1 saturated heterocycles. The molecule has 0 aromatic carbocycles. The summed E-state index contributed by atoms with van der Waals surface area (Å²) in [5, 5.41) is 3.56. The van der Waals surface area contributed by atoms with Crippen LogP contribution in [0.1, 0.15) is 53.2 Å². The lowest BCUT2D eigenvalue weighted by atomic mass is 9.98. The molecule has 1 amide bonds. The molecule has 2 aromatic heterocycles. The number of aryl methyl sites for hydroxylation is 2. The lowest BCUT2D eigenvalue weighted by Crippen LogP contribution is -2.41. The average molecular weight is 453 g/mol. The molecule has 1 fully saturated rings. The van der Waals surface area contributed by atoms with E-state index in [2.05, 4.69) is 5.32 Å². The second kappa shape index (κ2) is 8.39. The highest BCUT2D eigenvalue weighted by molar-refractivity contribution is 7.88. The number of carbonyl (C=O) groups excluding carboxylic acids is 1. The predicted octanol–water partition coefficient (Wildman–Crippen LogP) is 1.89. The number of aromatic nitrogens is 2. The van der Waals surface area contributed by atoms with Crippen LogP contribution in [0.5, 0.6) is 0 Å². The maximum Gasteiger partial charge on any atom is 0.262 e. The lowest BCUT2D eigenvalue weighted by molar-refractivity contribution is 0.0945. The van der Waals surface area contributed by atoms with Gasteiger partial charge in [0.25, 0.3) is 11.5 Å². The Bertz CT molecular complexity index is 1130. The molecule has 4 heterocycles. The highest BCUT2D eigenvalue weighted by Gasteiger charge is 2.26. The first-order chi connectivity index (χ1) is 14.3. The molecule has 0 atom stereocenters. The number of rotatable bonds is 4. The quantitative estimate of drug-likeness (QED) is 0.763. The van der Waals surface area contributed by atoms with Crippen LogP contribution in [0.25, 0.3) is 10.2 Å². The maximum absolute atomic E-state index is 13.0. The summed E-state index contributed by atoms with van der Waals surface area (Å²) in [7, 11) is -3.15. The van der Waals surface area contributed by atoms with E-state index in [-0.39, 0.29) is 17.4 Å². The maximum atomic E-state index is 13.0. The van der Waals surface area contributed by atoms with Gasteiger partial charge in [0.2, 0.25) is 10.0 Å². The molecule has 164 valence electrons. The van der Waals surface area contributed by atoms with Gasteiger partial charge in [-0.05, 0) is 44.1 Å². The predicted molar refractivity (Wildman–Crippen MR) is 118 cm³/mol. The van der Waals surface area contributed by atoms with E-state index in [1.807, 2.05) is 6.92 Å². The zero-order valence-electron chi connectivity index (χ0n) is 17.4. The van der Waals surface area contributed by atoms with E-state index in [0.717, 1.165) is 44.3 Å². The van der Waals surface area contributed by atoms with Crippen molar-refractivity contribution >= 4 is 37.5 Å². The Morgan fingerprint density at radius 3 is 2.63 bits per heavy atom. The smallest absolute Gasteiger partial charge is 0.262 e. The summed E-state index contributed by atoms with van der Waals surface area (Å²) >= 11 is 1.29. The minimum atomic E-state index is -3.15. The van der Waals surface area contributed by atoms with Crippen LogP contribution in [-0.2, 0) is 23.0 Å². The van der Waals surface area contributed by atoms with Gasteiger partial charge in [0.05, 0.1) is 16.5 Å². The van der Waals surface area contributed by atoms with Crippen LogP contribution in [0.15, 0.2) is 4.79 Å². The van der Waals surface area contributed by atoms with Crippen molar-refractivity contribution in [3.05, 3.63) is 26.6 Å². The Labute approximate surface area is 180 Å². The summed E-state index contributed by atoms with van der Waals surface area (Å²) in [6.07, 6.45) is 6.61. The monoisotopic (exact) mass is 452 g/mol. The molecule has 2 aliphatic rings. The van der Waals surface area contributed by atoms with Crippen molar-refractivity contribution in [1.29, 1.82) is 0 Å². The van der Waals surface area contributed by atoms with Crippen molar-refractivity contribution in [3.63, 3.8) is 0 Å².